The molecule has 2 aromatic heterocycles. The van der Waals surface area contributed by atoms with E-state index in [4.69, 9.17) is 9.97 Å². The first-order valence-corrected chi connectivity index (χ1v) is 17.9. The molecule has 0 amide bonds. The summed E-state index contributed by atoms with van der Waals surface area (Å²) in [7, 11) is 0. The van der Waals surface area contributed by atoms with Gasteiger partial charge in [-0.1, -0.05) is 153 Å². The van der Waals surface area contributed by atoms with Crippen molar-refractivity contribution in [2.24, 2.45) is 0 Å². The molecule has 0 N–H and O–H groups in total. The standard InChI is InChI=1S/C49H35N3/c1-49(2)42-19-11-9-17-38(42)40-30-47-41(29-43(40)49)39-18-10-12-20-46(39)52(47)37-27-25-35(26-28-37)45-31-44(50-48(51-45)36-15-7-4-8-16-36)34-23-21-33(22-24-34)32-13-5-3-6-14-32/h3-31H,1-2H3. The number of para-hydroxylation sites is 1. The first-order chi connectivity index (χ1) is 25.5. The Morgan fingerprint density at radius 1 is 0.404 bits per heavy atom. The fraction of sp³-hybridized carbons (Fsp3) is 0.0612. The predicted molar refractivity (Wildman–Crippen MR) is 216 cm³/mol. The molecule has 1 aliphatic carbocycles. The quantitative estimate of drug-likeness (QED) is 0.183. The third-order valence-corrected chi connectivity index (χ3v) is 10.8. The van der Waals surface area contributed by atoms with Crippen molar-refractivity contribution in [2.75, 3.05) is 0 Å². The molecule has 52 heavy (non-hydrogen) atoms. The normalized spacial score (nSPS) is 13.0. The van der Waals surface area contributed by atoms with Crippen LogP contribution in [-0.2, 0) is 5.41 Å². The lowest BCUT2D eigenvalue weighted by molar-refractivity contribution is 0.661. The lowest BCUT2D eigenvalue weighted by Crippen LogP contribution is -2.14. The highest BCUT2D eigenvalue weighted by molar-refractivity contribution is 6.11. The Morgan fingerprint density at radius 3 is 1.67 bits per heavy atom. The molecule has 0 atom stereocenters. The number of fused-ring (bicyclic) bond motifs is 6. The topological polar surface area (TPSA) is 30.7 Å². The zero-order valence-corrected chi connectivity index (χ0v) is 29.1. The van der Waals surface area contributed by atoms with Crippen molar-refractivity contribution in [1.82, 2.24) is 14.5 Å². The SMILES string of the molecule is CC1(C)c2ccccc2-c2cc3c(cc21)c1ccccc1n3-c1ccc(-c2cc(-c3ccc(-c4ccccc4)cc3)nc(-c3ccccc3)n2)cc1. The molecule has 2 heterocycles. The van der Waals surface area contributed by atoms with E-state index in [2.05, 4.69) is 170 Å². The van der Waals surface area contributed by atoms with Crippen LogP contribution in [0.4, 0.5) is 0 Å². The van der Waals surface area contributed by atoms with Crippen LogP contribution in [0.25, 0.3) is 83.6 Å². The minimum Gasteiger partial charge on any atom is -0.309 e. The summed E-state index contributed by atoms with van der Waals surface area (Å²) in [6.07, 6.45) is 0. The maximum Gasteiger partial charge on any atom is 0.160 e. The van der Waals surface area contributed by atoms with E-state index in [1.165, 1.54) is 55.2 Å². The van der Waals surface area contributed by atoms with Crippen molar-refractivity contribution in [3.05, 3.63) is 187 Å². The van der Waals surface area contributed by atoms with Crippen LogP contribution in [-0.4, -0.2) is 14.5 Å². The summed E-state index contributed by atoms with van der Waals surface area (Å²) in [6.45, 7) is 4.70. The monoisotopic (exact) mass is 665 g/mol. The van der Waals surface area contributed by atoms with Gasteiger partial charge in [0.15, 0.2) is 5.82 Å². The number of hydrogen-bond acceptors (Lipinski definition) is 2. The van der Waals surface area contributed by atoms with Gasteiger partial charge >= 0.3 is 0 Å². The minimum absolute atomic E-state index is 0.0517. The van der Waals surface area contributed by atoms with Gasteiger partial charge in [0.25, 0.3) is 0 Å². The molecule has 246 valence electrons. The molecular formula is C49H35N3. The van der Waals surface area contributed by atoms with Crippen LogP contribution < -0.4 is 0 Å². The molecule has 9 aromatic rings. The zero-order valence-electron chi connectivity index (χ0n) is 29.1. The van der Waals surface area contributed by atoms with E-state index < -0.39 is 0 Å². The Balaban J connectivity index is 1.09. The highest BCUT2D eigenvalue weighted by Crippen LogP contribution is 2.51. The van der Waals surface area contributed by atoms with Crippen LogP contribution in [0.5, 0.6) is 0 Å². The average molecular weight is 666 g/mol. The van der Waals surface area contributed by atoms with Gasteiger partial charge < -0.3 is 4.57 Å². The van der Waals surface area contributed by atoms with Crippen LogP contribution in [0.1, 0.15) is 25.0 Å². The summed E-state index contributed by atoms with van der Waals surface area (Å²) >= 11 is 0. The Hall–Kier alpha value is -6.58. The van der Waals surface area contributed by atoms with Crippen molar-refractivity contribution in [1.29, 1.82) is 0 Å². The molecule has 0 spiro atoms. The summed E-state index contributed by atoms with van der Waals surface area (Å²) in [5.41, 5.74) is 16.2. The summed E-state index contributed by atoms with van der Waals surface area (Å²) in [5.74, 6) is 0.712. The van der Waals surface area contributed by atoms with Crippen molar-refractivity contribution in [3.63, 3.8) is 0 Å². The highest BCUT2D eigenvalue weighted by atomic mass is 15.0. The maximum atomic E-state index is 5.11. The van der Waals surface area contributed by atoms with Crippen molar-refractivity contribution in [2.45, 2.75) is 19.3 Å². The molecule has 3 heteroatoms. The molecular weight excluding hydrogens is 631 g/mol. The molecule has 0 aliphatic heterocycles. The van der Waals surface area contributed by atoms with Gasteiger partial charge in [-0.05, 0) is 69.8 Å². The molecule has 10 rings (SSSR count). The van der Waals surface area contributed by atoms with Crippen LogP contribution >= 0.6 is 0 Å². The lowest BCUT2D eigenvalue weighted by atomic mass is 9.82. The van der Waals surface area contributed by atoms with Crippen molar-refractivity contribution < 1.29 is 0 Å². The van der Waals surface area contributed by atoms with Gasteiger partial charge in [0.2, 0.25) is 0 Å². The second-order valence-electron chi connectivity index (χ2n) is 14.3. The number of aromatic nitrogens is 3. The van der Waals surface area contributed by atoms with Gasteiger partial charge in [-0.15, -0.1) is 0 Å². The largest absolute Gasteiger partial charge is 0.309 e. The summed E-state index contributed by atoms with van der Waals surface area (Å²) in [5, 5.41) is 2.55. The van der Waals surface area contributed by atoms with Crippen LogP contribution in [0, 0.1) is 0 Å². The third-order valence-electron chi connectivity index (χ3n) is 10.8. The second-order valence-corrected chi connectivity index (χ2v) is 14.3. The smallest absolute Gasteiger partial charge is 0.160 e. The fourth-order valence-corrected chi connectivity index (χ4v) is 8.15. The summed E-state index contributed by atoms with van der Waals surface area (Å²) in [4.78, 5) is 10.2. The third kappa shape index (κ3) is 4.81. The molecule has 0 saturated heterocycles. The molecule has 3 nitrogen and oxygen atoms in total. The van der Waals surface area contributed by atoms with Gasteiger partial charge in [-0.25, -0.2) is 9.97 Å². The van der Waals surface area contributed by atoms with Gasteiger partial charge in [-0.3, -0.25) is 0 Å². The van der Waals surface area contributed by atoms with E-state index in [1.807, 2.05) is 24.3 Å². The molecule has 0 unspecified atom stereocenters. The molecule has 0 fully saturated rings. The first-order valence-electron chi connectivity index (χ1n) is 17.9. The number of rotatable bonds is 5. The Kier molecular flexibility index (Phi) is 6.84. The minimum atomic E-state index is -0.0517. The van der Waals surface area contributed by atoms with Gasteiger partial charge in [0.05, 0.1) is 22.4 Å². The number of hydrogen-bond donors (Lipinski definition) is 0. The van der Waals surface area contributed by atoms with Crippen LogP contribution in [0.2, 0.25) is 0 Å². The van der Waals surface area contributed by atoms with E-state index in [-0.39, 0.29) is 5.41 Å². The average Bonchev–Trinajstić information content (AvgIpc) is 3.65. The first kappa shape index (κ1) is 30.3. The van der Waals surface area contributed by atoms with E-state index >= 15 is 0 Å². The number of nitrogens with zero attached hydrogens (tertiary/aromatic N) is 3. The molecule has 0 saturated carbocycles. The van der Waals surface area contributed by atoms with E-state index in [1.54, 1.807) is 0 Å². The van der Waals surface area contributed by atoms with E-state index in [9.17, 15) is 0 Å². The number of benzene rings is 7. The summed E-state index contributed by atoms with van der Waals surface area (Å²) < 4.78 is 2.41. The van der Waals surface area contributed by atoms with Crippen molar-refractivity contribution in [3.8, 4) is 61.8 Å². The zero-order chi connectivity index (χ0) is 34.8. The maximum absolute atomic E-state index is 5.11. The Labute approximate surface area is 303 Å². The van der Waals surface area contributed by atoms with E-state index in [0.29, 0.717) is 5.82 Å². The van der Waals surface area contributed by atoms with Gasteiger partial charge in [0.1, 0.15) is 0 Å². The van der Waals surface area contributed by atoms with Crippen molar-refractivity contribution >= 4 is 21.8 Å². The highest BCUT2D eigenvalue weighted by Gasteiger charge is 2.36. The van der Waals surface area contributed by atoms with Crippen LogP contribution in [0.15, 0.2) is 176 Å². The van der Waals surface area contributed by atoms with E-state index in [0.717, 1.165) is 33.8 Å². The van der Waals surface area contributed by atoms with Crippen LogP contribution in [0.3, 0.4) is 0 Å². The molecule has 0 bridgehead atoms. The molecule has 7 aromatic carbocycles. The fourth-order valence-electron chi connectivity index (χ4n) is 8.15. The second kappa shape index (κ2) is 11.8. The Bertz CT molecular complexity index is 2780. The predicted octanol–water partition coefficient (Wildman–Crippen LogP) is 12.5. The molecule has 0 radical (unpaired) electrons. The summed E-state index contributed by atoms with van der Waals surface area (Å²) in [6, 6.07) is 62.8. The van der Waals surface area contributed by atoms with Gasteiger partial charge in [0, 0.05) is 38.6 Å². The molecule has 1 aliphatic rings. The van der Waals surface area contributed by atoms with Gasteiger partial charge in [-0.2, -0.15) is 0 Å². The Morgan fingerprint density at radius 2 is 0.962 bits per heavy atom. The lowest BCUT2D eigenvalue weighted by Gasteiger charge is -2.21.